The molecule has 2 aromatic rings. The van der Waals surface area contributed by atoms with Gasteiger partial charge < -0.3 is 4.74 Å². The van der Waals surface area contributed by atoms with Gasteiger partial charge in [-0.2, -0.15) is 0 Å². The normalized spacial score (nSPS) is 17.2. The van der Waals surface area contributed by atoms with Crippen LogP contribution in [-0.4, -0.2) is 11.9 Å². The molecule has 0 bridgehead atoms. The maximum absolute atomic E-state index is 11.4. The van der Waals surface area contributed by atoms with Crippen LogP contribution in [0, 0.1) is 0 Å². The lowest BCUT2D eigenvalue weighted by molar-refractivity contribution is 0.102. The van der Waals surface area contributed by atoms with E-state index in [0.717, 1.165) is 40.3 Å². The lowest BCUT2D eigenvalue weighted by Gasteiger charge is -2.26. The SMILES string of the molecule is CCC1CCc2cc(-c3ccc(C(C)=O)s3)cc(Cl)c2O1. The van der Waals surface area contributed by atoms with E-state index in [1.807, 2.05) is 18.2 Å². The molecule has 1 aromatic heterocycles. The molecule has 1 atom stereocenters. The summed E-state index contributed by atoms with van der Waals surface area (Å²) < 4.78 is 5.96. The van der Waals surface area contributed by atoms with Crippen molar-refractivity contribution in [2.75, 3.05) is 0 Å². The third-order valence-electron chi connectivity index (χ3n) is 3.83. The van der Waals surface area contributed by atoms with Gasteiger partial charge in [0.05, 0.1) is 16.0 Å². The van der Waals surface area contributed by atoms with Crippen molar-refractivity contribution in [2.24, 2.45) is 0 Å². The Morgan fingerprint density at radius 1 is 1.43 bits per heavy atom. The summed E-state index contributed by atoms with van der Waals surface area (Å²) in [5.41, 5.74) is 2.23. The van der Waals surface area contributed by atoms with Crippen molar-refractivity contribution in [1.82, 2.24) is 0 Å². The Kier molecular flexibility index (Phi) is 4.05. The minimum atomic E-state index is 0.101. The number of hydrogen-bond donors (Lipinski definition) is 0. The number of carbonyl (C=O) groups excluding carboxylic acids is 1. The van der Waals surface area contributed by atoms with Crippen LogP contribution in [0.5, 0.6) is 5.75 Å². The summed E-state index contributed by atoms with van der Waals surface area (Å²) in [4.78, 5) is 13.3. The number of rotatable bonds is 3. The van der Waals surface area contributed by atoms with Gasteiger partial charge in [0, 0.05) is 4.88 Å². The minimum absolute atomic E-state index is 0.101. The molecule has 3 rings (SSSR count). The molecular weight excluding hydrogens is 304 g/mol. The van der Waals surface area contributed by atoms with E-state index >= 15 is 0 Å². The maximum atomic E-state index is 11.4. The summed E-state index contributed by atoms with van der Waals surface area (Å²) >= 11 is 7.91. The molecule has 2 heterocycles. The van der Waals surface area contributed by atoms with Gasteiger partial charge in [-0.15, -0.1) is 11.3 Å². The first kappa shape index (κ1) is 14.6. The number of thiophene rings is 1. The number of aryl methyl sites for hydroxylation is 1. The second-order valence-corrected chi connectivity index (χ2v) is 6.84. The summed E-state index contributed by atoms with van der Waals surface area (Å²) in [7, 11) is 0. The van der Waals surface area contributed by atoms with Gasteiger partial charge in [-0.3, -0.25) is 4.79 Å². The number of halogens is 1. The molecule has 0 fully saturated rings. The largest absolute Gasteiger partial charge is 0.489 e. The van der Waals surface area contributed by atoms with Crippen LogP contribution in [0.1, 0.15) is 41.9 Å². The molecule has 0 N–H and O–H groups in total. The number of ketones is 1. The van der Waals surface area contributed by atoms with Crippen LogP contribution >= 0.6 is 22.9 Å². The third-order valence-corrected chi connectivity index (χ3v) is 5.35. The van der Waals surface area contributed by atoms with Crippen molar-refractivity contribution in [3.8, 4) is 16.2 Å². The number of Topliss-reactive ketones (excluding diaryl/α,β-unsaturated/α-hetero) is 1. The van der Waals surface area contributed by atoms with Crippen molar-refractivity contribution in [3.63, 3.8) is 0 Å². The lowest BCUT2D eigenvalue weighted by atomic mass is 9.98. The second kappa shape index (κ2) is 5.82. The first-order chi connectivity index (χ1) is 10.1. The fourth-order valence-electron chi connectivity index (χ4n) is 2.62. The van der Waals surface area contributed by atoms with Crippen LogP contribution in [0.15, 0.2) is 24.3 Å². The Morgan fingerprint density at radius 2 is 2.24 bits per heavy atom. The Labute approximate surface area is 133 Å². The predicted molar refractivity (Wildman–Crippen MR) is 87.8 cm³/mol. The molecule has 1 aliphatic rings. The Balaban J connectivity index is 1.98. The van der Waals surface area contributed by atoms with Crippen LogP contribution in [0.3, 0.4) is 0 Å². The Morgan fingerprint density at radius 3 is 2.90 bits per heavy atom. The van der Waals surface area contributed by atoms with Gasteiger partial charge in [-0.1, -0.05) is 18.5 Å². The molecule has 0 amide bonds. The highest BCUT2D eigenvalue weighted by atomic mass is 35.5. The van der Waals surface area contributed by atoms with Crippen molar-refractivity contribution < 1.29 is 9.53 Å². The lowest BCUT2D eigenvalue weighted by Crippen LogP contribution is -2.21. The molecular formula is C17H17ClO2S. The molecule has 1 unspecified atom stereocenters. The van der Waals surface area contributed by atoms with Crippen LogP contribution in [0.2, 0.25) is 5.02 Å². The van der Waals surface area contributed by atoms with E-state index in [1.54, 1.807) is 6.92 Å². The smallest absolute Gasteiger partial charge is 0.169 e. The molecule has 0 saturated heterocycles. The molecule has 110 valence electrons. The summed E-state index contributed by atoms with van der Waals surface area (Å²) in [6, 6.07) is 7.94. The average Bonchev–Trinajstić information content (AvgIpc) is 2.97. The van der Waals surface area contributed by atoms with Crippen LogP contribution in [0.4, 0.5) is 0 Å². The van der Waals surface area contributed by atoms with Gasteiger partial charge in [0.1, 0.15) is 5.75 Å². The van der Waals surface area contributed by atoms with Gasteiger partial charge in [-0.05, 0) is 61.6 Å². The number of carbonyl (C=O) groups is 1. The highest BCUT2D eigenvalue weighted by molar-refractivity contribution is 7.17. The van der Waals surface area contributed by atoms with E-state index < -0.39 is 0 Å². The fourth-order valence-corrected chi connectivity index (χ4v) is 3.79. The summed E-state index contributed by atoms with van der Waals surface area (Å²) in [5, 5.41) is 0.665. The van der Waals surface area contributed by atoms with Crippen molar-refractivity contribution in [1.29, 1.82) is 0 Å². The molecule has 2 nitrogen and oxygen atoms in total. The number of fused-ring (bicyclic) bond motifs is 1. The van der Waals surface area contributed by atoms with E-state index in [4.69, 9.17) is 16.3 Å². The second-order valence-electron chi connectivity index (χ2n) is 5.35. The molecule has 1 aromatic carbocycles. The van der Waals surface area contributed by atoms with E-state index in [9.17, 15) is 4.79 Å². The van der Waals surface area contributed by atoms with Gasteiger partial charge in [0.15, 0.2) is 5.78 Å². The topological polar surface area (TPSA) is 26.3 Å². The number of ether oxygens (including phenoxy) is 1. The molecule has 0 aliphatic carbocycles. The first-order valence-electron chi connectivity index (χ1n) is 7.18. The highest BCUT2D eigenvalue weighted by Crippen LogP contribution is 2.40. The van der Waals surface area contributed by atoms with Gasteiger partial charge in [0.2, 0.25) is 0 Å². The van der Waals surface area contributed by atoms with Gasteiger partial charge in [0.25, 0.3) is 0 Å². The van der Waals surface area contributed by atoms with E-state index in [1.165, 1.54) is 16.9 Å². The molecule has 4 heteroatoms. The fraction of sp³-hybridized carbons (Fsp3) is 0.353. The van der Waals surface area contributed by atoms with Crippen LogP contribution in [-0.2, 0) is 6.42 Å². The third kappa shape index (κ3) is 2.85. The van der Waals surface area contributed by atoms with E-state index in [0.29, 0.717) is 5.02 Å². The monoisotopic (exact) mass is 320 g/mol. The zero-order valence-electron chi connectivity index (χ0n) is 12.1. The van der Waals surface area contributed by atoms with E-state index in [2.05, 4.69) is 13.0 Å². The Bertz CT molecular complexity index is 690. The van der Waals surface area contributed by atoms with Crippen LogP contribution in [0.25, 0.3) is 10.4 Å². The average molecular weight is 321 g/mol. The molecule has 1 aliphatic heterocycles. The zero-order chi connectivity index (χ0) is 15.0. The van der Waals surface area contributed by atoms with Crippen molar-refractivity contribution in [3.05, 3.63) is 39.7 Å². The van der Waals surface area contributed by atoms with Crippen LogP contribution < -0.4 is 4.74 Å². The van der Waals surface area contributed by atoms with E-state index in [-0.39, 0.29) is 11.9 Å². The number of benzene rings is 1. The van der Waals surface area contributed by atoms with Crippen molar-refractivity contribution >= 4 is 28.7 Å². The predicted octanol–water partition coefficient (Wildman–Crippen LogP) is 5.37. The maximum Gasteiger partial charge on any atom is 0.169 e. The highest BCUT2D eigenvalue weighted by Gasteiger charge is 2.22. The summed E-state index contributed by atoms with van der Waals surface area (Å²) in [6.45, 7) is 3.72. The standard InChI is InChI=1S/C17H17ClO2S/c1-3-13-5-4-11-8-12(9-14(18)17(11)20-13)16-7-6-15(21-16)10(2)19/h6-9,13H,3-5H2,1-2H3. The molecule has 21 heavy (non-hydrogen) atoms. The number of hydrogen-bond acceptors (Lipinski definition) is 3. The summed E-state index contributed by atoms with van der Waals surface area (Å²) in [6.07, 6.45) is 3.30. The molecule has 0 spiro atoms. The van der Waals surface area contributed by atoms with Gasteiger partial charge >= 0.3 is 0 Å². The first-order valence-corrected chi connectivity index (χ1v) is 8.38. The summed E-state index contributed by atoms with van der Waals surface area (Å²) in [5.74, 6) is 0.936. The minimum Gasteiger partial charge on any atom is -0.489 e. The zero-order valence-corrected chi connectivity index (χ0v) is 13.7. The van der Waals surface area contributed by atoms with Gasteiger partial charge in [-0.25, -0.2) is 0 Å². The Hall–Kier alpha value is -1.32. The molecule has 0 saturated carbocycles. The molecule has 0 radical (unpaired) electrons. The van der Waals surface area contributed by atoms with Crippen molar-refractivity contribution in [2.45, 2.75) is 39.2 Å². The quantitative estimate of drug-likeness (QED) is 0.710.